The predicted molar refractivity (Wildman–Crippen MR) is 79.0 cm³/mol. The molecule has 1 atom stereocenters. The molecule has 0 amide bonds. The van der Waals surface area contributed by atoms with Crippen molar-refractivity contribution in [3.8, 4) is 0 Å². The molecule has 4 nitrogen and oxygen atoms in total. The molecule has 0 saturated heterocycles. The second-order valence-corrected chi connectivity index (χ2v) is 8.31. The van der Waals surface area contributed by atoms with Crippen molar-refractivity contribution in [3.05, 3.63) is 24.4 Å². The highest BCUT2D eigenvalue weighted by Crippen LogP contribution is 2.38. The van der Waals surface area contributed by atoms with Gasteiger partial charge in [0.25, 0.3) is 0 Å². The first-order valence-corrected chi connectivity index (χ1v) is 10.3. The van der Waals surface area contributed by atoms with Crippen LogP contribution in [0.2, 0.25) is 0 Å². The molecule has 0 aliphatic carbocycles. The summed E-state index contributed by atoms with van der Waals surface area (Å²) in [5.74, 6) is 0.878. The molecular weight excluding hydrogens is 309 g/mol. The Morgan fingerprint density at radius 1 is 1.44 bits per heavy atom. The van der Waals surface area contributed by atoms with E-state index in [0.717, 1.165) is 17.2 Å². The summed E-state index contributed by atoms with van der Waals surface area (Å²) in [6, 6.07) is 5.80. The van der Waals surface area contributed by atoms with E-state index < -0.39 is 6.72 Å². The molecule has 0 fully saturated rings. The van der Waals surface area contributed by atoms with Crippen molar-refractivity contribution >= 4 is 40.1 Å². The van der Waals surface area contributed by atoms with Crippen molar-refractivity contribution in [2.75, 3.05) is 19.0 Å². The molecule has 1 rings (SSSR count). The van der Waals surface area contributed by atoms with Crippen LogP contribution in [0.1, 0.15) is 13.3 Å². The topological polar surface area (TPSA) is 54.4 Å². The SMILES string of the molecule is CCOP([O-])(=S)OCCCSSc1ccccn1. The summed E-state index contributed by atoms with van der Waals surface area (Å²) in [5.41, 5.74) is 0. The maximum Gasteiger partial charge on any atom is 0.115 e. The van der Waals surface area contributed by atoms with E-state index in [1.54, 1.807) is 34.7 Å². The maximum absolute atomic E-state index is 11.4. The van der Waals surface area contributed by atoms with Gasteiger partial charge in [-0.05, 0) is 36.3 Å². The summed E-state index contributed by atoms with van der Waals surface area (Å²) in [4.78, 5) is 15.6. The Kier molecular flexibility index (Phi) is 8.50. The number of hydrogen-bond donors (Lipinski definition) is 0. The first-order chi connectivity index (χ1) is 8.64. The molecule has 0 aliphatic rings. The van der Waals surface area contributed by atoms with E-state index >= 15 is 0 Å². The van der Waals surface area contributed by atoms with Crippen molar-refractivity contribution in [1.82, 2.24) is 4.98 Å². The van der Waals surface area contributed by atoms with E-state index in [-0.39, 0.29) is 0 Å². The zero-order valence-electron chi connectivity index (χ0n) is 9.98. The van der Waals surface area contributed by atoms with Crippen molar-refractivity contribution in [1.29, 1.82) is 0 Å². The lowest BCUT2D eigenvalue weighted by Crippen LogP contribution is -2.08. The summed E-state index contributed by atoms with van der Waals surface area (Å²) in [7, 11) is 3.29. The van der Waals surface area contributed by atoms with Crippen molar-refractivity contribution in [2.24, 2.45) is 0 Å². The van der Waals surface area contributed by atoms with Gasteiger partial charge in [0.2, 0.25) is 0 Å². The van der Waals surface area contributed by atoms with Crippen LogP contribution in [0.4, 0.5) is 0 Å². The number of aromatic nitrogens is 1. The number of pyridine rings is 1. The zero-order chi connectivity index (χ0) is 13.3. The van der Waals surface area contributed by atoms with Crippen LogP contribution in [0.15, 0.2) is 29.4 Å². The maximum atomic E-state index is 11.4. The molecule has 0 spiro atoms. The number of nitrogens with zero attached hydrogens (tertiary/aromatic N) is 1. The van der Waals surface area contributed by atoms with Gasteiger partial charge in [0, 0.05) is 11.9 Å². The molecule has 0 N–H and O–H groups in total. The minimum atomic E-state index is -3.24. The summed E-state index contributed by atoms with van der Waals surface area (Å²) >= 11 is 4.69. The largest absolute Gasteiger partial charge is 0.780 e. The fraction of sp³-hybridized carbons (Fsp3) is 0.500. The second kappa shape index (κ2) is 9.31. The van der Waals surface area contributed by atoms with Gasteiger partial charge in [0.05, 0.1) is 13.2 Å². The third-order valence-electron chi connectivity index (χ3n) is 1.69. The highest BCUT2D eigenvalue weighted by atomic mass is 33.1. The Morgan fingerprint density at radius 3 is 2.94 bits per heavy atom. The lowest BCUT2D eigenvalue weighted by atomic mass is 10.5. The fourth-order valence-corrected chi connectivity index (χ4v) is 4.21. The van der Waals surface area contributed by atoms with Gasteiger partial charge in [-0.15, -0.1) is 0 Å². The van der Waals surface area contributed by atoms with Gasteiger partial charge in [-0.1, -0.05) is 28.7 Å². The number of rotatable bonds is 9. The van der Waals surface area contributed by atoms with Crippen LogP contribution in [0.3, 0.4) is 0 Å². The molecule has 0 radical (unpaired) electrons. The van der Waals surface area contributed by atoms with Crippen LogP contribution in [-0.4, -0.2) is 24.0 Å². The highest BCUT2D eigenvalue weighted by Gasteiger charge is 2.02. The Labute approximate surface area is 121 Å². The molecule has 18 heavy (non-hydrogen) atoms. The molecule has 1 unspecified atom stereocenters. The molecule has 0 aromatic carbocycles. The Bertz CT molecular complexity index is 380. The van der Waals surface area contributed by atoms with Crippen molar-refractivity contribution in [3.63, 3.8) is 0 Å². The van der Waals surface area contributed by atoms with Crippen LogP contribution in [-0.2, 0) is 20.9 Å². The lowest BCUT2D eigenvalue weighted by molar-refractivity contribution is -0.206. The summed E-state index contributed by atoms with van der Waals surface area (Å²) in [6.45, 7) is -0.838. The molecule has 0 bridgehead atoms. The smallest absolute Gasteiger partial charge is 0.115 e. The molecule has 1 aromatic heterocycles. The van der Waals surface area contributed by atoms with Crippen LogP contribution in [0.25, 0.3) is 0 Å². The molecular formula is C10H15NO3PS3-. The van der Waals surface area contributed by atoms with Crippen LogP contribution < -0.4 is 4.89 Å². The lowest BCUT2D eigenvalue weighted by Gasteiger charge is -2.26. The molecule has 102 valence electrons. The minimum Gasteiger partial charge on any atom is -0.780 e. The Morgan fingerprint density at radius 2 is 2.28 bits per heavy atom. The fourth-order valence-electron chi connectivity index (χ4n) is 0.988. The van der Waals surface area contributed by atoms with Gasteiger partial charge in [0.15, 0.2) is 0 Å². The monoisotopic (exact) mass is 324 g/mol. The Balaban J connectivity index is 2.04. The van der Waals surface area contributed by atoms with Crippen molar-refractivity contribution in [2.45, 2.75) is 18.4 Å². The second-order valence-electron chi connectivity index (χ2n) is 3.13. The quantitative estimate of drug-likeness (QED) is 0.393. The highest BCUT2D eigenvalue weighted by molar-refractivity contribution is 8.76. The zero-order valence-corrected chi connectivity index (χ0v) is 13.3. The van der Waals surface area contributed by atoms with E-state index in [2.05, 4.69) is 16.8 Å². The average Bonchev–Trinajstić information content (AvgIpc) is 2.35. The average molecular weight is 324 g/mol. The van der Waals surface area contributed by atoms with E-state index in [9.17, 15) is 4.89 Å². The summed E-state index contributed by atoms with van der Waals surface area (Å²) in [6.07, 6.45) is 2.54. The summed E-state index contributed by atoms with van der Waals surface area (Å²) < 4.78 is 9.86. The van der Waals surface area contributed by atoms with Crippen LogP contribution >= 0.6 is 28.3 Å². The third-order valence-corrected chi connectivity index (χ3v) is 5.75. The van der Waals surface area contributed by atoms with Gasteiger partial charge < -0.3 is 13.9 Å². The standard InChI is InChI=1S/C10H16NO3PS3/c1-2-13-15(12,16)14-8-5-9-17-18-10-6-3-4-7-11-10/h3-4,6-7H,2,5,8-9H2,1H3,(H,12,16)/p-1. The molecule has 0 aliphatic heterocycles. The van der Waals surface area contributed by atoms with E-state index in [0.29, 0.717) is 13.2 Å². The summed E-state index contributed by atoms with van der Waals surface area (Å²) in [5, 5.41) is 0.978. The van der Waals surface area contributed by atoms with Gasteiger partial charge in [0.1, 0.15) is 11.7 Å². The van der Waals surface area contributed by atoms with Gasteiger partial charge in [-0.3, -0.25) is 0 Å². The van der Waals surface area contributed by atoms with E-state index in [4.69, 9.17) is 9.05 Å². The van der Waals surface area contributed by atoms with Gasteiger partial charge >= 0.3 is 0 Å². The first kappa shape index (κ1) is 16.4. The van der Waals surface area contributed by atoms with Crippen LogP contribution in [0.5, 0.6) is 0 Å². The van der Waals surface area contributed by atoms with Gasteiger partial charge in [-0.25, -0.2) is 4.98 Å². The Hall–Kier alpha value is 0.380. The molecule has 1 heterocycles. The molecule has 8 heteroatoms. The number of hydrogen-bond acceptors (Lipinski definition) is 7. The predicted octanol–water partition coefficient (Wildman–Crippen LogP) is 2.85. The van der Waals surface area contributed by atoms with E-state index in [1.807, 2.05) is 18.2 Å². The minimum absolute atomic E-state index is 0.311. The van der Waals surface area contributed by atoms with Crippen molar-refractivity contribution < 1.29 is 13.9 Å². The van der Waals surface area contributed by atoms with Gasteiger partial charge in [-0.2, -0.15) is 0 Å². The molecule has 1 aromatic rings. The first-order valence-electron chi connectivity index (χ1n) is 5.44. The third kappa shape index (κ3) is 7.74. The normalized spacial score (nSPS) is 14.3. The van der Waals surface area contributed by atoms with Crippen LogP contribution in [0, 0.1) is 0 Å². The van der Waals surface area contributed by atoms with E-state index in [1.165, 1.54) is 0 Å². The molecule has 0 saturated carbocycles.